The van der Waals surface area contributed by atoms with Crippen molar-refractivity contribution >= 4 is 6.09 Å². The van der Waals surface area contributed by atoms with Crippen LogP contribution >= 0.6 is 0 Å². The summed E-state index contributed by atoms with van der Waals surface area (Å²) in [5.74, 6) is 0. The van der Waals surface area contributed by atoms with E-state index in [1.54, 1.807) is 4.90 Å². The summed E-state index contributed by atoms with van der Waals surface area (Å²) in [6.45, 7) is 8.40. The lowest BCUT2D eigenvalue weighted by molar-refractivity contribution is 0.0217. The molecule has 1 heterocycles. The monoisotopic (exact) mass is 214 g/mol. The Morgan fingerprint density at radius 1 is 1.53 bits per heavy atom. The first-order valence-corrected chi connectivity index (χ1v) is 5.60. The summed E-state index contributed by atoms with van der Waals surface area (Å²) in [5, 5.41) is 0. The zero-order valence-electron chi connectivity index (χ0n) is 10.1. The average molecular weight is 214 g/mol. The summed E-state index contributed by atoms with van der Waals surface area (Å²) in [7, 11) is 0. The van der Waals surface area contributed by atoms with Crippen LogP contribution in [0.3, 0.4) is 0 Å². The molecule has 0 spiro atoms. The minimum Gasteiger partial charge on any atom is -0.444 e. The predicted molar refractivity (Wildman–Crippen MR) is 59.6 cm³/mol. The zero-order valence-corrected chi connectivity index (χ0v) is 10.1. The Kier molecular flexibility index (Phi) is 3.60. The normalized spacial score (nSPS) is 26.9. The molecule has 2 atom stereocenters. The van der Waals surface area contributed by atoms with Gasteiger partial charge in [0.25, 0.3) is 0 Å². The van der Waals surface area contributed by atoms with Crippen LogP contribution in [-0.2, 0) is 4.74 Å². The molecule has 1 rings (SSSR count). The fourth-order valence-corrected chi connectivity index (χ4v) is 1.95. The molecule has 1 aliphatic rings. The van der Waals surface area contributed by atoms with Gasteiger partial charge in [-0.05, 0) is 33.6 Å². The predicted octanol–water partition coefficient (Wildman–Crippen LogP) is 1.73. The maximum absolute atomic E-state index is 11.8. The minimum atomic E-state index is -0.429. The summed E-state index contributed by atoms with van der Waals surface area (Å²) in [4.78, 5) is 13.6. The highest BCUT2D eigenvalue weighted by Gasteiger charge is 2.35. The van der Waals surface area contributed by atoms with E-state index in [1.165, 1.54) is 0 Å². The van der Waals surface area contributed by atoms with Crippen molar-refractivity contribution in [3.63, 3.8) is 0 Å². The maximum atomic E-state index is 11.8. The van der Waals surface area contributed by atoms with Crippen molar-refractivity contribution < 1.29 is 9.53 Å². The summed E-state index contributed by atoms with van der Waals surface area (Å²) in [6, 6.07) is 0.238. The first-order valence-electron chi connectivity index (χ1n) is 5.60. The molecule has 88 valence electrons. The molecular formula is C11H22N2O2. The number of ether oxygens (including phenoxy) is 1. The molecule has 0 saturated carbocycles. The van der Waals surface area contributed by atoms with Gasteiger partial charge in [-0.15, -0.1) is 0 Å². The van der Waals surface area contributed by atoms with Crippen molar-refractivity contribution in [3.05, 3.63) is 0 Å². The third kappa shape index (κ3) is 3.09. The Labute approximate surface area is 91.8 Å². The SMILES string of the molecule is CC[C@@H]1[C@H](N)CCN1C(=O)OC(C)(C)C. The lowest BCUT2D eigenvalue weighted by atomic mass is 10.1. The molecule has 1 saturated heterocycles. The molecule has 1 aliphatic heterocycles. The van der Waals surface area contributed by atoms with Gasteiger partial charge in [-0.25, -0.2) is 4.79 Å². The molecule has 1 amide bonds. The van der Waals surface area contributed by atoms with E-state index < -0.39 is 5.60 Å². The fraction of sp³-hybridized carbons (Fsp3) is 0.909. The maximum Gasteiger partial charge on any atom is 0.410 e. The Morgan fingerprint density at radius 2 is 2.13 bits per heavy atom. The van der Waals surface area contributed by atoms with E-state index >= 15 is 0 Å². The molecule has 0 aromatic carbocycles. The number of nitrogens with two attached hydrogens (primary N) is 1. The van der Waals surface area contributed by atoms with E-state index in [0.717, 1.165) is 12.8 Å². The van der Waals surface area contributed by atoms with E-state index in [0.29, 0.717) is 6.54 Å². The van der Waals surface area contributed by atoms with Gasteiger partial charge in [-0.2, -0.15) is 0 Å². The Bertz CT molecular complexity index is 235. The van der Waals surface area contributed by atoms with Crippen LogP contribution in [0.1, 0.15) is 40.5 Å². The summed E-state index contributed by atoms with van der Waals surface area (Å²) >= 11 is 0. The second-order valence-corrected chi connectivity index (χ2v) is 5.10. The fourth-order valence-electron chi connectivity index (χ4n) is 1.95. The zero-order chi connectivity index (χ0) is 11.6. The second kappa shape index (κ2) is 4.39. The molecule has 0 aromatic heterocycles. The van der Waals surface area contributed by atoms with Crippen LogP contribution in [0.4, 0.5) is 4.79 Å². The first-order chi connectivity index (χ1) is 6.85. The van der Waals surface area contributed by atoms with Crippen LogP contribution in [0.5, 0.6) is 0 Å². The first kappa shape index (κ1) is 12.3. The molecule has 1 fully saturated rings. The van der Waals surface area contributed by atoms with Gasteiger partial charge >= 0.3 is 6.09 Å². The Hall–Kier alpha value is -0.770. The Morgan fingerprint density at radius 3 is 2.60 bits per heavy atom. The number of carbonyl (C=O) groups is 1. The highest BCUT2D eigenvalue weighted by Crippen LogP contribution is 2.21. The smallest absolute Gasteiger partial charge is 0.410 e. The molecular weight excluding hydrogens is 192 g/mol. The van der Waals surface area contributed by atoms with Crippen molar-refractivity contribution in [2.75, 3.05) is 6.54 Å². The molecule has 0 radical (unpaired) electrons. The molecule has 0 aromatic rings. The van der Waals surface area contributed by atoms with Crippen LogP contribution in [0, 0.1) is 0 Å². The highest BCUT2D eigenvalue weighted by atomic mass is 16.6. The van der Waals surface area contributed by atoms with E-state index in [9.17, 15) is 4.79 Å². The largest absolute Gasteiger partial charge is 0.444 e. The number of amides is 1. The number of likely N-dealkylation sites (tertiary alicyclic amines) is 1. The van der Waals surface area contributed by atoms with Crippen molar-refractivity contribution in [1.29, 1.82) is 0 Å². The van der Waals surface area contributed by atoms with Crippen molar-refractivity contribution in [1.82, 2.24) is 4.90 Å². The van der Waals surface area contributed by atoms with Crippen molar-refractivity contribution in [2.45, 2.75) is 58.2 Å². The number of hydrogen-bond acceptors (Lipinski definition) is 3. The van der Waals surface area contributed by atoms with Crippen LogP contribution in [-0.4, -0.2) is 35.2 Å². The van der Waals surface area contributed by atoms with E-state index in [1.807, 2.05) is 27.7 Å². The summed E-state index contributed by atoms with van der Waals surface area (Å²) in [6.07, 6.45) is 1.53. The standard InChI is InChI=1S/C11H22N2O2/c1-5-9-8(12)6-7-13(9)10(14)15-11(2,3)4/h8-9H,5-7,12H2,1-4H3/t8-,9-/m1/s1. The molecule has 0 aliphatic carbocycles. The summed E-state index contributed by atoms with van der Waals surface area (Å²) in [5.41, 5.74) is 5.50. The second-order valence-electron chi connectivity index (χ2n) is 5.10. The summed E-state index contributed by atoms with van der Waals surface area (Å²) < 4.78 is 5.33. The average Bonchev–Trinajstić information content (AvgIpc) is 2.43. The van der Waals surface area contributed by atoms with Crippen LogP contribution < -0.4 is 5.73 Å². The van der Waals surface area contributed by atoms with Gasteiger partial charge in [-0.1, -0.05) is 6.92 Å². The van der Waals surface area contributed by atoms with E-state index in [2.05, 4.69) is 0 Å². The van der Waals surface area contributed by atoms with Crippen molar-refractivity contribution in [3.8, 4) is 0 Å². The molecule has 2 N–H and O–H groups in total. The molecule has 4 nitrogen and oxygen atoms in total. The van der Waals surface area contributed by atoms with Crippen LogP contribution in [0.2, 0.25) is 0 Å². The molecule has 4 heteroatoms. The lowest BCUT2D eigenvalue weighted by Gasteiger charge is -2.29. The third-order valence-electron chi connectivity index (χ3n) is 2.64. The lowest BCUT2D eigenvalue weighted by Crippen LogP contribution is -2.44. The van der Waals surface area contributed by atoms with Gasteiger partial charge in [0.15, 0.2) is 0 Å². The van der Waals surface area contributed by atoms with Gasteiger partial charge in [0.1, 0.15) is 5.60 Å². The number of rotatable bonds is 1. The van der Waals surface area contributed by atoms with Crippen molar-refractivity contribution in [2.24, 2.45) is 5.73 Å². The highest BCUT2D eigenvalue weighted by molar-refractivity contribution is 5.69. The van der Waals surface area contributed by atoms with Gasteiger partial charge < -0.3 is 15.4 Å². The number of carbonyl (C=O) groups excluding carboxylic acids is 1. The van der Waals surface area contributed by atoms with Gasteiger partial charge in [0.05, 0.1) is 0 Å². The van der Waals surface area contributed by atoms with E-state index in [4.69, 9.17) is 10.5 Å². The van der Waals surface area contributed by atoms with Gasteiger partial charge in [-0.3, -0.25) is 0 Å². The third-order valence-corrected chi connectivity index (χ3v) is 2.64. The van der Waals surface area contributed by atoms with Crippen LogP contribution in [0.25, 0.3) is 0 Å². The Balaban J connectivity index is 2.60. The van der Waals surface area contributed by atoms with Crippen LogP contribution in [0.15, 0.2) is 0 Å². The van der Waals surface area contributed by atoms with Gasteiger partial charge in [0.2, 0.25) is 0 Å². The molecule has 0 unspecified atom stereocenters. The molecule has 15 heavy (non-hydrogen) atoms. The van der Waals surface area contributed by atoms with E-state index in [-0.39, 0.29) is 18.2 Å². The van der Waals surface area contributed by atoms with Gasteiger partial charge in [0, 0.05) is 18.6 Å². The number of nitrogens with zero attached hydrogens (tertiary/aromatic N) is 1. The number of hydrogen-bond donors (Lipinski definition) is 1. The topological polar surface area (TPSA) is 55.6 Å². The molecule has 0 bridgehead atoms. The minimum absolute atomic E-state index is 0.0996. The quantitative estimate of drug-likeness (QED) is 0.723.